The van der Waals surface area contributed by atoms with Crippen molar-refractivity contribution in [1.82, 2.24) is 9.29 Å². The zero-order valence-electron chi connectivity index (χ0n) is 10.4. The van der Waals surface area contributed by atoms with Gasteiger partial charge in [0.05, 0.1) is 0 Å². The Labute approximate surface area is 109 Å². The maximum Gasteiger partial charge on any atom is 0.402 e. The predicted octanol–water partition coefficient (Wildman–Crippen LogP) is 1.70. The Morgan fingerprint density at radius 3 is 2.53 bits per heavy atom. The van der Waals surface area contributed by atoms with Crippen LogP contribution in [0, 0.1) is 0 Å². The quantitative estimate of drug-likeness (QED) is 0.898. The molecule has 19 heavy (non-hydrogen) atoms. The minimum absolute atomic E-state index is 0.0168. The third-order valence-electron chi connectivity index (χ3n) is 2.33. The summed E-state index contributed by atoms with van der Waals surface area (Å²) in [6.07, 6.45) is -3.24. The first kappa shape index (κ1) is 15.7. The highest BCUT2D eigenvalue weighted by atomic mass is 32.2. The number of hydrogen-bond acceptors (Lipinski definition) is 4. The van der Waals surface area contributed by atoms with Crippen LogP contribution in [0.4, 0.5) is 19.0 Å². The van der Waals surface area contributed by atoms with Crippen molar-refractivity contribution in [1.29, 1.82) is 0 Å². The lowest BCUT2D eigenvalue weighted by Crippen LogP contribution is -2.39. The zero-order chi connectivity index (χ0) is 14.7. The van der Waals surface area contributed by atoms with Crippen molar-refractivity contribution < 1.29 is 21.6 Å². The molecule has 0 saturated heterocycles. The summed E-state index contributed by atoms with van der Waals surface area (Å²) in [4.78, 5) is 3.50. The van der Waals surface area contributed by atoms with Crippen LogP contribution in [-0.4, -0.2) is 44.0 Å². The Morgan fingerprint density at radius 1 is 1.42 bits per heavy atom. The molecule has 0 radical (unpaired) electrons. The van der Waals surface area contributed by atoms with E-state index in [4.69, 9.17) is 0 Å². The lowest BCUT2D eigenvalue weighted by atomic mass is 10.5. The molecule has 1 aromatic heterocycles. The van der Waals surface area contributed by atoms with E-state index in [9.17, 15) is 21.6 Å². The SMILES string of the molecule is CCN(CC(F)(F)F)S(=O)(=O)c1cccnc1NC. The number of aromatic nitrogens is 1. The van der Waals surface area contributed by atoms with Gasteiger partial charge in [0.2, 0.25) is 10.0 Å². The number of sulfonamides is 1. The number of halogens is 3. The number of hydrogen-bond donors (Lipinski definition) is 1. The normalized spacial score (nSPS) is 12.7. The second-order valence-corrected chi connectivity index (χ2v) is 5.55. The molecule has 1 rings (SSSR count). The molecule has 1 heterocycles. The number of anilines is 1. The van der Waals surface area contributed by atoms with E-state index in [1.54, 1.807) is 0 Å². The minimum atomic E-state index is -4.59. The molecular formula is C10H14F3N3O2S. The number of nitrogens with one attached hydrogen (secondary N) is 1. The molecule has 0 unspecified atom stereocenters. The maximum atomic E-state index is 12.4. The molecule has 9 heteroatoms. The van der Waals surface area contributed by atoms with E-state index < -0.39 is 22.7 Å². The molecule has 0 fully saturated rings. The first-order chi connectivity index (χ1) is 8.72. The molecule has 0 aliphatic rings. The van der Waals surface area contributed by atoms with Gasteiger partial charge in [0.15, 0.2) is 0 Å². The summed E-state index contributed by atoms with van der Waals surface area (Å²) >= 11 is 0. The summed E-state index contributed by atoms with van der Waals surface area (Å²) in [5, 5.41) is 2.55. The third kappa shape index (κ3) is 3.80. The topological polar surface area (TPSA) is 62.3 Å². The number of rotatable bonds is 5. The minimum Gasteiger partial charge on any atom is -0.372 e. The summed E-state index contributed by atoms with van der Waals surface area (Å²) in [6, 6.07) is 2.57. The van der Waals surface area contributed by atoms with Crippen LogP contribution in [0.1, 0.15) is 6.92 Å². The highest BCUT2D eigenvalue weighted by Crippen LogP contribution is 2.25. The van der Waals surface area contributed by atoms with Crippen LogP contribution >= 0.6 is 0 Å². The van der Waals surface area contributed by atoms with Crippen molar-refractivity contribution in [3.05, 3.63) is 18.3 Å². The fourth-order valence-electron chi connectivity index (χ4n) is 1.49. The van der Waals surface area contributed by atoms with Gasteiger partial charge in [-0.15, -0.1) is 0 Å². The van der Waals surface area contributed by atoms with Crippen LogP contribution in [0.5, 0.6) is 0 Å². The van der Waals surface area contributed by atoms with Crippen LogP contribution < -0.4 is 5.32 Å². The van der Waals surface area contributed by atoms with Gasteiger partial charge in [-0.2, -0.15) is 17.5 Å². The van der Waals surface area contributed by atoms with Gasteiger partial charge in [-0.05, 0) is 12.1 Å². The van der Waals surface area contributed by atoms with Crippen molar-refractivity contribution in [3.8, 4) is 0 Å². The van der Waals surface area contributed by atoms with Gasteiger partial charge in [-0.25, -0.2) is 13.4 Å². The van der Waals surface area contributed by atoms with Crippen LogP contribution in [0.3, 0.4) is 0 Å². The largest absolute Gasteiger partial charge is 0.402 e. The smallest absolute Gasteiger partial charge is 0.372 e. The monoisotopic (exact) mass is 297 g/mol. The van der Waals surface area contributed by atoms with Crippen molar-refractivity contribution in [2.75, 3.05) is 25.5 Å². The van der Waals surface area contributed by atoms with E-state index >= 15 is 0 Å². The highest BCUT2D eigenvalue weighted by molar-refractivity contribution is 7.89. The molecule has 0 aromatic carbocycles. The molecule has 1 N–H and O–H groups in total. The fraction of sp³-hybridized carbons (Fsp3) is 0.500. The van der Waals surface area contributed by atoms with Crippen molar-refractivity contribution in [2.24, 2.45) is 0 Å². The average molecular weight is 297 g/mol. The van der Waals surface area contributed by atoms with E-state index in [1.165, 1.54) is 32.3 Å². The molecule has 0 atom stereocenters. The summed E-state index contributed by atoms with van der Waals surface area (Å²) < 4.78 is 61.9. The Morgan fingerprint density at radius 2 is 2.05 bits per heavy atom. The second kappa shape index (κ2) is 5.74. The third-order valence-corrected chi connectivity index (χ3v) is 4.29. The van der Waals surface area contributed by atoms with Crippen LogP contribution in [0.2, 0.25) is 0 Å². The first-order valence-electron chi connectivity index (χ1n) is 5.42. The van der Waals surface area contributed by atoms with E-state index in [0.717, 1.165) is 0 Å². The van der Waals surface area contributed by atoms with Gasteiger partial charge in [0.25, 0.3) is 0 Å². The molecule has 0 aliphatic carbocycles. The molecule has 0 saturated carbocycles. The molecule has 0 bridgehead atoms. The summed E-state index contributed by atoms with van der Waals surface area (Å²) in [5.41, 5.74) is 0. The van der Waals surface area contributed by atoms with E-state index in [2.05, 4.69) is 10.3 Å². The van der Waals surface area contributed by atoms with Gasteiger partial charge < -0.3 is 5.32 Å². The Kier molecular flexibility index (Phi) is 4.75. The second-order valence-electron chi connectivity index (χ2n) is 3.65. The van der Waals surface area contributed by atoms with Crippen molar-refractivity contribution >= 4 is 15.8 Å². The number of alkyl halides is 3. The van der Waals surface area contributed by atoms with Gasteiger partial charge >= 0.3 is 6.18 Å². The van der Waals surface area contributed by atoms with Gasteiger partial charge in [-0.3, -0.25) is 0 Å². The lowest BCUT2D eigenvalue weighted by molar-refractivity contribution is -0.135. The van der Waals surface area contributed by atoms with Crippen molar-refractivity contribution in [3.63, 3.8) is 0 Å². The number of pyridine rings is 1. The Balaban J connectivity index is 3.21. The maximum absolute atomic E-state index is 12.4. The highest BCUT2D eigenvalue weighted by Gasteiger charge is 2.37. The lowest BCUT2D eigenvalue weighted by Gasteiger charge is -2.22. The molecule has 1 aromatic rings. The van der Waals surface area contributed by atoms with Crippen LogP contribution in [0.25, 0.3) is 0 Å². The average Bonchev–Trinajstić information content (AvgIpc) is 2.34. The first-order valence-corrected chi connectivity index (χ1v) is 6.86. The summed E-state index contributed by atoms with van der Waals surface area (Å²) in [5.74, 6) is 0.0168. The standard InChI is InChI=1S/C10H14F3N3O2S/c1-3-16(7-10(11,12)13)19(17,18)8-5-4-6-15-9(8)14-2/h4-6H,3,7H2,1-2H3,(H,14,15). The Hall–Kier alpha value is -1.35. The van der Waals surface area contributed by atoms with Gasteiger partial charge in [0.1, 0.15) is 17.3 Å². The van der Waals surface area contributed by atoms with Gasteiger partial charge in [-0.1, -0.05) is 6.92 Å². The Bertz CT molecular complexity index is 531. The molecular weight excluding hydrogens is 283 g/mol. The van der Waals surface area contributed by atoms with E-state index in [0.29, 0.717) is 4.31 Å². The van der Waals surface area contributed by atoms with Crippen LogP contribution in [0.15, 0.2) is 23.2 Å². The molecule has 0 aliphatic heterocycles. The van der Waals surface area contributed by atoms with Crippen molar-refractivity contribution in [2.45, 2.75) is 18.0 Å². The summed E-state index contributed by atoms with van der Waals surface area (Å²) in [7, 11) is -2.79. The van der Waals surface area contributed by atoms with Crippen LogP contribution in [-0.2, 0) is 10.0 Å². The van der Waals surface area contributed by atoms with E-state index in [-0.39, 0.29) is 17.3 Å². The van der Waals surface area contributed by atoms with E-state index in [1.807, 2.05) is 0 Å². The summed E-state index contributed by atoms with van der Waals surface area (Å²) in [6.45, 7) is -0.456. The molecule has 0 spiro atoms. The number of nitrogens with zero attached hydrogens (tertiary/aromatic N) is 2. The molecule has 108 valence electrons. The molecule has 5 nitrogen and oxygen atoms in total. The predicted molar refractivity (Wildman–Crippen MR) is 64.3 cm³/mol. The molecule has 0 amide bonds. The van der Waals surface area contributed by atoms with Gasteiger partial charge in [0, 0.05) is 19.8 Å². The fourth-order valence-corrected chi connectivity index (χ4v) is 3.08. The zero-order valence-corrected chi connectivity index (χ0v) is 11.2.